The zero-order valence-electron chi connectivity index (χ0n) is 34.0. The fourth-order valence-corrected chi connectivity index (χ4v) is 10.6. The van der Waals surface area contributed by atoms with Gasteiger partial charge >= 0.3 is 0 Å². The molecule has 1 aliphatic carbocycles. The lowest BCUT2D eigenvalue weighted by atomic mass is 9.49. The molecule has 1 atom stereocenters. The third-order valence-electron chi connectivity index (χ3n) is 13.4. The highest BCUT2D eigenvalue weighted by atomic mass is 35.5. The normalized spacial score (nSPS) is 24.3. The molecule has 0 aromatic heterocycles. The number of nitriles is 1. The van der Waals surface area contributed by atoms with Gasteiger partial charge < -0.3 is 24.8 Å². The highest BCUT2D eigenvalue weighted by molar-refractivity contribution is 6.31. The van der Waals surface area contributed by atoms with Crippen LogP contribution in [0.2, 0.25) is 5.02 Å². The summed E-state index contributed by atoms with van der Waals surface area (Å²) < 4.78 is 21.8. The van der Waals surface area contributed by atoms with Crippen molar-refractivity contribution in [1.29, 1.82) is 5.26 Å². The molecule has 4 fully saturated rings. The molecule has 3 saturated heterocycles. The third-order valence-corrected chi connectivity index (χ3v) is 13.7. The number of rotatable bonds is 9. The topological polar surface area (TPSA) is 138 Å². The molecule has 3 aromatic rings. The van der Waals surface area contributed by atoms with Crippen molar-refractivity contribution in [3.8, 4) is 11.8 Å². The van der Waals surface area contributed by atoms with E-state index in [4.69, 9.17) is 16.3 Å². The van der Waals surface area contributed by atoms with Crippen LogP contribution < -0.4 is 25.2 Å². The van der Waals surface area contributed by atoms with Gasteiger partial charge in [-0.05, 0) is 79.3 Å². The number of nitrogens with one attached hydrogen (secondary N) is 2. The largest absolute Gasteiger partial charge is 0.489 e. The van der Waals surface area contributed by atoms with Gasteiger partial charge in [0.05, 0.1) is 16.3 Å². The number of ether oxygens (including phenoxy) is 1. The average Bonchev–Trinajstić information content (AvgIpc) is 3.53. The van der Waals surface area contributed by atoms with Crippen LogP contribution in [0.3, 0.4) is 0 Å². The number of nitrogens with zero attached hydrogens (tertiary/aromatic N) is 5. The van der Waals surface area contributed by atoms with Gasteiger partial charge in [0, 0.05) is 98.5 Å². The molecular formula is C45H51ClFN7O5. The number of halogens is 2. The summed E-state index contributed by atoms with van der Waals surface area (Å²) in [6, 6.07) is 17.2. The first kappa shape index (κ1) is 40.6. The summed E-state index contributed by atoms with van der Waals surface area (Å²) in [5.74, 6) is -0.458. The van der Waals surface area contributed by atoms with Gasteiger partial charge in [-0.15, -0.1) is 0 Å². The summed E-state index contributed by atoms with van der Waals surface area (Å²) >= 11 is 6.25. The Bertz CT molecular complexity index is 2190. The van der Waals surface area contributed by atoms with Crippen molar-refractivity contribution < 1.29 is 28.3 Å². The van der Waals surface area contributed by atoms with E-state index in [1.54, 1.807) is 24.3 Å². The minimum atomic E-state index is -0.729. The molecule has 4 amide bonds. The number of imide groups is 1. The second-order valence-corrected chi connectivity index (χ2v) is 18.3. The van der Waals surface area contributed by atoms with Crippen LogP contribution in [0, 0.1) is 33.9 Å². The number of hydrogen-bond donors (Lipinski definition) is 2. The van der Waals surface area contributed by atoms with Gasteiger partial charge in [0.25, 0.3) is 11.8 Å². The molecule has 4 heterocycles. The summed E-state index contributed by atoms with van der Waals surface area (Å²) in [5.41, 5.74) is 2.80. The van der Waals surface area contributed by atoms with E-state index in [0.717, 1.165) is 51.3 Å². The van der Waals surface area contributed by atoms with Crippen LogP contribution in [0.5, 0.6) is 5.75 Å². The number of benzene rings is 3. The van der Waals surface area contributed by atoms with Crippen LogP contribution in [0.15, 0.2) is 54.6 Å². The minimum Gasteiger partial charge on any atom is -0.489 e. The Morgan fingerprint density at radius 1 is 0.932 bits per heavy atom. The maximum absolute atomic E-state index is 15.4. The van der Waals surface area contributed by atoms with E-state index in [0.29, 0.717) is 57.7 Å². The number of carbonyl (C=O) groups is 4. The zero-order valence-corrected chi connectivity index (χ0v) is 34.8. The molecule has 14 heteroatoms. The highest BCUT2D eigenvalue weighted by Gasteiger charge is 2.64. The Morgan fingerprint density at radius 3 is 2.27 bits per heavy atom. The Balaban J connectivity index is 0.792. The standard InChI is InChI=1S/C45H51ClFN7O5/c1-44(2)42(45(3,4)43(44)59-32-10-7-29(24-48)34(46)22-32)50-39(56)28-5-8-31(9-6-28)52-15-13-27(14-16-52)25-51-17-19-53(20-18-51)37-23-33-30(21-35(37)47)26-54(41(33)58)36-11-12-38(55)49-40(36)57/h5-10,21-23,27,36,42-43H,11-20,25-26H2,1-4H3,(H,50,56)(H,49,55,57). The van der Waals surface area contributed by atoms with Gasteiger partial charge in [0.15, 0.2) is 0 Å². The van der Waals surface area contributed by atoms with Crippen molar-refractivity contribution in [1.82, 2.24) is 20.4 Å². The number of piperidine rings is 2. The fraction of sp³-hybridized carbons (Fsp3) is 0.489. The summed E-state index contributed by atoms with van der Waals surface area (Å²) in [7, 11) is 0. The Kier molecular flexibility index (Phi) is 10.8. The van der Waals surface area contributed by atoms with E-state index in [2.05, 4.69) is 54.2 Å². The molecule has 1 unspecified atom stereocenters. The van der Waals surface area contributed by atoms with Crippen molar-refractivity contribution in [3.05, 3.63) is 87.7 Å². The lowest BCUT2D eigenvalue weighted by Crippen LogP contribution is -2.74. The number of amides is 4. The molecule has 0 radical (unpaired) electrons. The summed E-state index contributed by atoms with van der Waals surface area (Å²) in [4.78, 5) is 59.2. The minimum absolute atomic E-state index is 0.120. The Labute approximate surface area is 349 Å². The average molecular weight is 824 g/mol. The van der Waals surface area contributed by atoms with E-state index in [1.807, 2.05) is 29.2 Å². The number of anilines is 2. The molecular weight excluding hydrogens is 773 g/mol. The number of fused-ring (bicyclic) bond motifs is 1. The molecule has 0 bridgehead atoms. The summed E-state index contributed by atoms with van der Waals surface area (Å²) in [6.07, 6.45) is 2.37. The second kappa shape index (κ2) is 15.8. The van der Waals surface area contributed by atoms with Crippen molar-refractivity contribution >= 4 is 46.6 Å². The molecule has 0 spiro atoms. The Hall–Kier alpha value is -5.19. The highest BCUT2D eigenvalue weighted by Crippen LogP contribution is 2.55. The van der Waals surface area contributed by atoms with E-state index >= 15 is 4.39 Å². The molecule has 5 aliphatic rings. The number of hydrogen-bond acceptors (Lipinski definition) is 9. The molecule has 4 aliphatic heterocycles. The molecule has 3 aromatic carbocycles. The first-order valence-corrected chi connectivity index (χ1v) is 21.0. The molecule has 8 rings (SSSR count). The van der Waals surface area contributed by atoms with Crippen molar-refractivity contribution in [2.24, 2.45) is 16.7 Å². The SMILES string of the molecule is CC1(C)C(NC(=O)c2ccc(N3CCC(CN4CCN(c5cc6c(cc5F)CN(C5CCC(=O)NC5=O)C6=O)CC4)CC3)cc2)C(C)(C)C1Oc1ccc(C#N)c(Cl)c1. The lowest BCUT2D eigenvalue weighted by molar-refractivity contribution is -0.164. The zero-order chi connectivity index (χ0) is 41.8. The van der Waals surface area contributed by atoms with Gasteiger partial charge in [-0.3, -0.25) is 29.4 Å². The van der Waals surface area contributed by atoms with Crippen LogP contribution in [0.4, 0.5) is 15.8 Å². The van der Waals surface area contributed by atoms with Gasteiger partial charge in [-0.2, -0.15) is 5.26 Å². The van der Waals surface area contributed by atoms with Crippen LogP contribution in [0.1, 0.15) is 85.2 Å². The molecule has 1 saturated carbocycles. The smallest absolute Gasteiger partial charge is 0.255 e. The summed E-state index contributed by atoms with van der Waals surface area (Å²) in [5, 5.41) is 15.2. The Morgan fingerprint density at radius 2 is 1.63 bits per heavy atom. The van der Waals surface area contributed by atoms with E-state index in [1.165, 1.54) is 11.0 Å². The monoisotopic (exact) mass is 823 g/mol. The fourth-order valence-electron chi connectivity index (χ4n) is 10.4. The van der Waals surface area contributed by atoms with E-state index in [9.17, 15) is 24.4 Å². The maximum atomic E-state index is 15.4. The number of piperazine rings is 1. The quantitative estimate of drug-likeness (QED) is 0.258. The van der Waals surface area contributed by atoms with Crippen LogP contribution in [-0.2, 0) is 16.1 Å². The molecule has 59 heavy (non-hydrogen) atoms. The second-order valence-electron chi connectivity index (χ2n) is 17.9. The molecule has 12 nitrogen and oxygen atoms in total. The van der Waals surface area contributed by atoms with Crippen molar-refractivity contribution in [2.75, 3.05) is 55.6 Å². The molecule has 2 N–H and O–H groups in total. The third kappa shape index (κ3) is 7.73. The van der Waals surface area contributed by atoms with E-state index < -0.39 is 11.9 Å². The maximum Gasteiger partial charge on any atom is 0.255 e. The van der Waals surface area contributed by atoms with Gasteiger partial charge in [0.1, 0.15) is 29.8 Å². The van der Waals surface area contributed by atoms with Crippen LogP contribution >= 0.6 is 11.6 Å². The number of carbonyl (C=O) groups excluding carboxylic acids is 4. The predicted octanol–water partition coefficient (Wildman–Crippen LogP) is 5.76. The van der Waals surface area contributed by atoms with Crippen molar-refractivity contribution in [3.63, 3.8) is 0 Å². The lowest BCUT2D eigenvalue weighted by Gasteiger charge is -2.63. The first-order valence-electron chi connectivity index (χ1n) is 20.6. The van der Waals surface area contributed by atoms with E-state index in [-0.39, 0.29) is 65.9 Å². The van der Waals surface area contributed by atoms with Gasteiger partial charge in [-0.1, -0.05) is 39.3 Å². The predicted molar refractivity (Wildman–Crippen MR) is 222 cm³/mol. The summed E-state index contributed by atoms with van der Waals surface area (Å²) in [6.45, 7) is 14.3. The van der Waals surface area contributed by atoms with Crippen LogP contribution in [-0.4, -0.2) is 97.4 Å². The van der Waals surface area contributed by atoms with Gasteiger partial charge in [0.2, 0.25) is 11.8 Å². The van der Waals surface area contributed by atoms with Crippen LogP contribution in [0.25, 0.3) is 0 Å². The molecule has 310 valence electrons. The van der Waals surface area contributed by atoms with Crippen molar-refractivity contribution in [2.45, 2.75) is 78.1 Å². The van der Waals surface area contributed by atoms with Gasteiger partial charge in [-0.25, -0.2) is 4.39 Å². The first-order chi connectivity index (χ1) is 28.1.